The minimum Gasteiger partial charge on any atom is -0.352 e. The van der Waals surface area contributed by atoms with Crippen LogP contribution in [-0.2, 0) is 16.0 Å². The Balaban J connectivity index is 1.57. The number of amides is 2. The molecule has 5 heteroatoms. The van der Waals surface area contributed by atoms with Gasteiger partial charge in [-0.05, 0) is 25.0 Å². The molecule has 24 heavy (non-hydrogen) atoms. The number of aliphatic imine (C=N–C) groups is 1. The predicted molar refractivity (Wildman–Crippen MR) is 98.1 cm³/mol. The summed E-state index contributed by atoms with van der Waals surface area (Å²) in [6, 6.07) is 8.19. The van der Waals surface area contributed by atoms with Crippen molar-refractivity contribution in [3.8, 4) is 0 Å². The Bertz CT molecular complexity index is 790. The SMILES string of the molecule is Cc1cccc(CCNC(=O)/C=C2\SC3C=CC=CC3=NC2=O)c1. The van der Waals surface area contributed by atoms with Gasteiger partial charge >= 0.3 is 0 Å². The number of allylic oxidation sites excluding steroid dienone is 3. The van der Waals surface area contributed by atoms with Gasteiger partial charge in [0.05, 0.1) is 15.9 Å². The summed E-state index contributed by atoms with van der Waals surface area (Å²) in [5.41, 5.74) is 3.12. The lowest BCUT2D eigenvalue weighted by Crippen LogP contribution is -2.26. The van der Waals surface area contributed by atoms with Gasteiger partial charge in [-0.3, -0.25) is 9.59 Å². The molecule has 2 amide bonds. The molecule has 1 heterocycles. The number of fused-ring (bicyclic) bond motifs is 1. The molecule has 0 fully saturated rings. The predicted octanol–water partition coefficient (Wildman–Crippen LogP) is 2.75. The summed E-state index contributed by atoms with van der Waals surface area (Å²) in [7, 11) is 0. The molecule has 1 unspecified atom stereocenters. The average Bonchev–Trinajstić information content (AvgIpc) is 2.55. The van der Waals surface area contributed by atoms with E-state index in [0.29, 0.717) is 11.4 Å². The summed E-state index contributed by atoms with van der Waals surface area (Å²) >= 11 is 1.37. The van der Waals surface area contributed by atoms with Crippen LogP contribution in [0.15, 0.2) is 64.5 Å². The van der Waals surface area contributed by atoms with Crippen LogP contribution >= 0.6 is 11.8 Å². The van der Waals surface area contributed by atoms with Crippen LogP contribution in [0.1, 0.15) is 11.1 Å². The van der Waals surface area contributed by atoms with Crippen LogP contribution in [0.25, 0.3) is 0 Å². The third kappa shape index (κ3) is 4.11. The van der Waals surface area contributed by atoms with Gasteiger partial charge in [0.2, 0.25) is 5.91 Å². The Labute approximate surface area is 145 Å². The van der Waals surface area contributed by atoms with Crippen LogP contribution in [0.4, 0.5) is 0 Å². The highest BCUT2D eigenvalue weighted by Gasteiger charge is 2.26. The molecule has 1 atom stereocenters. The lowest BCUT2D eigenvalue weighted by molar-refractivity contribution is -0.117. The van der Waals surface area contributed by atoms with E-state index < -0.39 is 0 Å². The number of nitrogens with one attached hydrogen (secondary N) is 1. The zero-order valence-electron chi connectivity index (χ0n) is 13.4. The molecule has 0 saturated carbocycles. The number of rotatable bonds is 4. The van der Waals surface area contributed by atoms with E-state index in [1.807, 2.05) is 49.4 Å². The van der Waals surface area contributed by atoms with Crippen molar-refractivity contribution >= 4 is 29.3 Å². The third-order valence-electron chi connectivity index (χ3n) is 3.71. The van der Waals surface area contributed by atoms with E-state index >= 15 is 0 Å². The van der Waals surface area contributed by atoms with Crippen LogP contribution < -0.4 is 5.32 Å². The van der Waals surface area contributed by atoms with E-state index in [2.05, 4.69) is 16.4 Å². The van der Waals surface area contributed by atoms with E-state index in [1.54, 1.807) is 0 Å². The van der Waals surface area contributed by atoms with E-state index in [4.69, 9.17) is 0 Å². The number of hydrogen-bond acceptors (Lipinski definition) is 3. The highest BCUT2D eigenvalue weighted by molar-refractivity contribution is 8.05. The Kier molecular flexibility index (Phi) is 5.11. The summed E-state index contributed by atoms with van der Waals surface area (Å²) in [4.78, 5) is 28.5. The number of thioether (sulfide) groups is 1. The van der Waals surface area contributed by atoms with Gasteiger partial charge in [0.1, 0.15) is 0 Å². The second-order valence-corrected chi connectivity index (χ2v) is 6.85. The maximum absolute atomic E-state index is 12.0. The van der Waals surface area contributed by atoms with Crippen LogP contribution in [0.3, 0.4) is 0 Å². The van der Waals surface area contributed by atoms with Gasteiger partial charge < -0.3 is 5.32 Å². The minimum atomic E-state index is -0.347. The van der Waals surface area contributed by atoms with Crippen molar-refractivity contribution in [1.82, 2.24) is 5.32 Å². The van der Waals surface area contributed by atoms with E-state index in [-0.39, 0.29) is 17.1 Å². The Morgan fingerprint density at radius 1 is 1.38 bits per heavy atom. The third-order valence-corrected chi connectivity index (χ3v) is 4.91. The van der Waals surface area contributed by atoms with Gasteiger partial charge in [-0.25, -0.2) is 4.99 Å². The van der Waals surface area contributed by atoms with E-state index in [0.717, 1.165) is 12.1 Å². The zero-order valence-corrected chi connectivity index (χ0v) is 14.2. The smallest absolute Gasteiger partial charge is 0.283 e. The number of nitrogens with zero attached hydrogens (tertiary/aromatic N) is 1. The second kappa shape index (κ2) is 7.45. The van der Waals surface area contributed by atoms with Gasteiger partial charge in [-0.15, -0.1) is 11.8 Å². The van der Waals surface area contributed by atoms with E-state index in [9.17, 15) is 9.59 Å². The minimum absolute atomic E-state index is 0.0130. The molecule has 1 N–H and O–H groups in total. The molecule has 1 aromatic rings. The van der Waals surface area contributed by atoms with Gasteiger partial charge in [-0.1, -0.05) is 48.1 Å². The fourth-order valence-electron chi connectivity index (χ4n) is 2.54. The van der Waals surface area contributed by atoms with Gasteiger partial charge in [-0.2, -0.15) is 0 Å². The molecule has 1 aromatic carbocycles. The molecule has 4 nitrogen and oxygen atoms in total. The van der Waals surface area contributed by atoms with Crippen LogP contribution in [0.5, 0.6) is 0 Å². The molecule has 0 aromatic heterocycles. The fraction of sp³-hybridized carbons (Fsp3) is 0.211. The first-order chi connectivity index (χ1) is 11.6. The first-order valence-corrected chi connectivity index (χ1v) is 8.69. The molecule has 0 bridgehead atoms. The van der Waals surface area contributed by atoms with Crippen molar-refractivity contribution in [1.29, 1.82) is 0 Å². The van der Waals surface area contributed by atoms with Gasteiger partial charge in [0.25, 0.3) is 5.91 Å². The lowest BCUT2D eigenvalue weighted by atomic mass is 10.1. The number of carbonyl (C=O) groups excluding carboxylic acids is 2. The highest BCUT2D eigenvalue weighted by atomic mass is 32.2. The molecule has 1 aliphatic carbocycles. The Hall–Kier alpha value is -2.40. The molecule has 2 aliphatic rings. The van der Waals surface area contributed by atoms with Crippen molar-refractivity contribution in [3.05, 3.63) is 70.7 Å². The molecule has 0 radical (unpaired) electrons. The summed E-state index contributed by atoms with van der Waals surface area (Å²) in [5.74, 6) is -0.604. The number of carbonyl (C=O) groups is 2. The van der Waals surface area contributed by atoms with Crippen molar-refractivity contribution in [2.24, 2.45) is 4.99 Å². The number of benzene rings is 1. The normalized spacial score (nSPS) is 20.7. The van der Waals surface area contributed by atoms with Gasteiger partial charge in [0, 0.05) is 12.6 Å². The largest absolute Gasteiger partial charge is 0.352 e. The van der Waals surface area contributed by atoms with Gasteiger partial charge in [0.15, 0.2) is 0 Å². The summed E-state index contributed by atoms with van der Waals surface area (Å²) in [6.45, 7) is 2.58. The highest BCUT2D eigenvalue weighted by Crippen LogP contribution is 2.31. The summed E-state index contributed by atoms with van der Waals surface area (Å²) in [5, 5.41) is 2.84. The van der Waals surface area contributed by atoms with Crippen molar-refractivity contribution in [3.63, 3.8) is 0 Å². The molecule has 1 aliphatic heterocycles. The summed E-state index contributed by atoms with van der Waals surface area (Å²) in [6.07, 6.45) is 9.70. The van der Waals surface area contributed by atoms with Crippen LogP contribution in [0, 0.1) is 6.92 Å². The average molecular weight is 338 g/mol. The fourth-order valence-corrected chi connectivity index (χ4v) is 3.55. The maximum atomic E-state index is 12.0. The number of hydrogen-bond donors (Lipinski definition) is 1. The zero-order chi connectivity index (χ0) is 16.9. The second-order valence-electron chi connectivity index (χ2n) is 5.66. The van der Waals surface area contributed by atoms with Crippen molar-refractivity contribution in [2.75, 3.05) is 6.54 Å². The Morgan fingerprint density at radius 3 is 3.08 bits per heavy atom. The molecular weight excluding hydrogens is 320 g/mol. The van der Waals surface area contributed by atoms with Crippen molar-refractivity contribution < 1.29 is 9.59 Å². The topological polar surface area (TPSA) is 58.5 Å². The summed E-state index contributed by atoms with van der Waals surface area (Å²) < 4.78 is 0. The quantitative estimate of drug-likeness (QED) is 0.859. The van der Waals surface area contributed by atoms with Crippen LogP contribution in [0.2, 0.25) is 0 Å². The molecular formula is C19H18N2O2S. The first kappa shape index (κ1) is 16.5. The monoisotopic (exact) mass is 338 g/mol. The molecule has 0 saturated heterocycles. The standard InChI is InChI=1S/C19H18N2O2S/c1-13-5-4-6-14(11-13)9-10-20-18(22)12-17-19(23)21-15-7-2-3-8-16(15)24-17/h2-8,11-12,16H,9-10H2,1H3,(H,20,22)/b17-12-. The molecule has 3 rings (SSSR count). The van der Waals surface area contributed by atoms with Crippen LogP contribution in [-0.4, -0.2) is 29.3 Å². The maximum Gasteiger partial charge on any atom is 0.283 e. The molecule has 122 valence electrons. The van der Waals surface area contributed by atoms with Crippen molar-refractivity contribution in [2.45, 2.75) is 18.6 Å². The number of aryl methyl sites for hydroxylation is 1. The Morgan fingerprint density at radius 2 is 2.25 bits per heavy atom. The molecule has 0 spiro atoms. The lowest BCUT2D eigenvalue weighted by Gasteiger charge is -2.20. The first-order valence-electron chi connectivity index (χ1n) is 7.81. The van der Waals surface area contributed by atoms with E-state index in [1.165, 1.54) is 29.0 Å².